The first-order valence-corrected chi connectivity index (χ1v) is 5.53. The molecule has 5 nitrogen and oxygen atoms in total. The van der Waals surface area contributed by atoms with Gasteiger partial charge in [-0.15, -0.1) is 0 Å². The molecule has 0 saturated heterocycles. The molecular formula is C13H15NO4. The lowest BCUT2D eigenvalue weighted by Gasteiger charge is -2.13. The van der Waals surface area contributed by atoms with Crippen molar-refractivity contribution < 1.29 is 19.1 Å². The molecule has 1 rings (SSSR count). The van der Waals surface area contributed by atoms with Gasteiger partial charge in [-0.25, -0.2) is 4.79 Å². The Morgan fingerprint density at radius 3 is 2.39 bits per heavy atom. The van der Waals surface area contributed by atoms with Crippen molar-refractivity contribution in [3.63, 3.8) is 0 Å². The van der Waals surface area contributed by atoms with Crippen molar-refractivity contribution in [3.05, 3.63) is 35.4 Å². The summed E-state index contributed by atoms with van der Waals surface area (Å²) in [6, 6.07) is 6.10. The van der Waals surface area contributed by atoms with Crippen LogP contribution in [0.15, 0.2) is 24.3 Å². The van der Waals surface area contributed by atoms with Crippen LogP contribution in [-0.2, 0) is 9.53 Å². The molecule has 2 amide bonds. The average molecular weight is 249 g/mol. The number of hydrogen-bond donors (Lipinski definition) is 0. The predicted octanol–water partition coefficient (Wildman–Crippen LogP) is 1.48. The van der Waals surface area contributed by atoms with E-state index in [4.69, 9.17) is 4.74 Å². The summed E-state index contributed by atoms with van der Waals surface area (Å²) in [5, 5.41) is 0. The minimum absolute atomic E-state index is 0.268. The van der Waals surface area contributed by atoms with Gasteiger partial charge in [-0.1, -0.05) is 6.07 Å². The second kappa shape index (κ2) is 5.95. The highest BCUT2D eigenvalue weighted by Crippen LogP contribution is 2.09. The van der Waals surface area contributed by atoms with Crippen LogP contribution in [0.1, 0.15) is 34.6 Å². The summed E-state index contributed by atoms with van der Waals surface area (Å²) in [5.41, 5.74) is 0.568. The number of esters is 1. The highest BCUT2D eigenvalue weighted by atomic mass is 16.5. The maximum Gasteiger partial charge on any atom is 0.338 e. The molecule has 96 valence electrons. The maximum atomic E-state index is 11.9. The zero-order valence-electron chi connectivity index (χ0n) is 10.6. The lowest BCUT2D eigenvalue weighted by Crippen LogP contribution is -2.31. The molecular weight excluding hydrogens is 234 g/mol. The van der Waals surface area contributed by atoms with Crippen molar-refractivity contribution in [2.24, 2.45) is 0 Å². The van der Waals surface area contributed by atoms with Crippen LogP contribution >= 0.6 is 0 Å². The van der Waals surface area contributed by atoms with Gasteiger partial charge < -0.3 is 4.74 Å². The number of imide groups is 1. The lowest BCUT2D eigenvalue weighted by molar-refractivity contribution is -0.125. The Morgan fingerprint density at radius 2 is 1.83 bits per heavy atom. The number of benzene rings is 1. The standard InChI is InChI=1S/C13H15NO4/c1-4-18-13(17)11-7-5-6-10(8-11)12(16)14(3)9(2)15/h5-8H,4H2,1-3H3. The van der Waals surface area contributed by atoms with Crippen molar-refractivity contribution in [2.75, 3.05) is 13.7 Å². The molecule has 0 spiro atoms. The van der Waals surface area contributed by atoms with E-state index in [2.05, 4.69) is 0 Å². The zero-order chi connectivity index (χ0) is 13.7. The third-order valence-electron chi connectivity index (χ3n) is 2.40. The van der Waals surface area contributed by atoms with Gasteiger partial charge in [0.25, 0.3) is 5.91 Å². The maximum absolute atomic E-state index is 11.9. The van der Waals surface area contributed by atoms with Gasteiger partial charge in [0.2, 0.25) is 5.91 Å². The van der Waals surface area contributed by atoms with E-state index in [1.807, 2.05) is 0 Å². The third kappa shape index (κ3) is 3.16. The van der Waals surface area contributed by atoms with Crippen LogP contribution in [0, 0.1) is 0 Å². The minimum Gasteiger partial charge on any atom is -0.462 e. The van der Waals surface area contributed by atoms with Crippen LogP contribution in [0.25, 0.3) is 0 Å². The third-order valence-corrected chi connectivity index (χ3v) is 2.40. The first-order chi connectivity index (χ1) is 8.47. The normalized spacial score (nSPS) is 9.72. The number of hydrogen-bond acceptors (Lipinski definition) is 4. The summed E-state index contributed by atoms with van der Waals surface area (Å²) in [6.07, 6.45) is 0. The number of nitrogens with zero attached hydrogens (tertiary/aromatic N) is 1. The van der Waals surface area contributed by atoms with Crippen LogP contribution < -0.4 is 0 Å². The molecule has 0 N–H and O–H groups in total. The predicted molar refractivity (Wildman–Crippen MR) is 65.2 cm³/mol. The molecule has 0 bridgehead atoms. The highest BCUT2D eigenvalue weighted by molar-refractivity contribution is 6.05. The van der Waals surface area contributed by atoms with E-state index >= 15 is 0 Å². The van der Waals surface area contributed by atoms with Crippen LogP contribution in [-0.4, -0.2) is 36.3 Å². The minimum atomic E-state index is -0.488. The summed E-state index contributed by atoms with van der Waals surface area (Å²) >= 11 is 0. The van der Waals surface area contributed by atoms with E-state index in [9.17, 15) is 14.4 Å². The summed E-state index contributed by atoms with van der Waals surface area (Å²) in [6.45, 7) is 3.27. The van der Waals surface area contributed by atoms with E-state index in [1.54, 1.807) is 25.1 Å². The molecule has 1 aromatic rings. The fourth-order valence-electron chi connectivity index (χ4n) is 1.33. The van der Waals surface area contributed by atoms with Gasteiger partial charge in [-0.05, 0) is 25.1 Å². The second-order valence-corrected chi connectivity index (χ2v) is 3.68. The molecule has 0 atom stereocenters. The Hall–Kier alpha value is -2.17. The number of rotatable bonds is 3. The van der Waals surface area contributed by atoms with E-state index in [0.717, 1.165) is 4.90 Å². The molecule has 0 unspecified atom stereocenters. The quantitative estimate of drug-likeness (QED) is 0.761. The smallest absolute Gasteiger partial charge is 0.338 e. The van der Waals surface area contributed by atoms with Crippen LogP contribution in [0.5, 0.6) is 0 Å². The molecule has 0 aliphatic heterocycles. The van der Waals surface area contributed by atoms with E-state index in [-0.39, 0.29) is 18.1 Å². The second-order valence-electron chi connectivity index (χ2n) is 3.68. The largest absolute Gasteiger partial charge is 0.462 e. The molecule has 0 heterocycles. The number of carbonyl (C=O) groups is 3. The fraction of sp³-hybridized carbons (Fsp3) is 0.308. The lowest BCUT2D eigenvalue weighted by atomic mass is 10.1. The molecule has 0 aromatic heterocycles. The molecule has 5 heteroatoms. The summed E-state index contributed by atoms with van der Waals surface area (Å²) in [7, 11) is 1.39. The van der Waals surface area contributed by atoms with Crippen LogP contribution in [0.3, 0.4) is 0 Å². The molecule has 0 fully saturated rings. The zero-order valence-corrected chi connectivity index (χ0v) is 10.6. The van der Waals surface area contributed by atoms with E-state index in [0.29, 0.717) is 5.56 Å². The molecule has 0 radical (unpaired) electrons. The van der Waals surface area contributed by atoms with E-state index in [1.165, 1.54) is 20.0 Å². The summed E-state index contributed by atoms with van der Waals surface area (Å²) < 4.78 is 4.84. The monoisotopic (exact) mass is 249 g/mol. The number of ether oxygens (including phenoxy) is 1. The van der Waals surface area contributed by atoms with E-state index < -0.39 is 11.9 Å². The van der Waals surface area contributed by atoms with Gasteiger partial charge in [0.1, 0.15) is 0 Å². The van der Waals surface area contributed by atoms with Gasteiger partial charge in [0, 0.05) is 19.5 Å². The highest BCUT2D eigenvalue weighted by Gasteiger charge is 2.16. The Balaban J connectivity index is 2.98. The first kappa shape index (κ1) is 13.9. The van der Waals surface area contributed by atoms with Crippen molar-refractivity contribution in [1.82, 2.24) is 4.90 Å². The van der Waals surface area contributed by atoms with Gasteiger partial charge in [0.05, 0.1) is 12.2 Å². The Labute approximate surface area is 105 Å². The Kier molecular flexibility index (Phi) is 4.59. The van der Waals surface area contributed by atoms with Crippen LogP contribution in [0.4, 0.5) is 0 Å². The fourth-order valence-corrected chi connectivity index (χ4v) is 1.33. The molecule has 18 heavy (non-hydrogen) atoms. The molecule has 0 aliphatic rings. The van der Waals surface area contributed by atoms with Crippen molar-refractivity contribution in [1.29, 1.82) is 0 Å². The SMILES string of the molecule is CCOC(=O)c1cccc(C(=O)N(C)C(C)=O)c1. The summed E-state index contributed by atoms with van der Waals surface area (Å²) in [5.74, 6) is -1.30. The van der Waals surface area contributed by atoms with Gasteiger partial charge in [-0.3, -0.25) is 14.5 Å². The summed E-state index contributed by atoms with van der Waals surface area (Å²) in [4.78, 5) is 35.5. The topological polar surface area (TPSA) is 63.7 Å². The number of carbonyl (C=O) groups excluding carboxylic acids is 3. The van der Waals surface area contributed by atoms with Crippen molar-refractivity contribution in [2.45, 2.75) is 13.8 Å². The van der Waals surface area contributed by atoms with Crippen LogP contribution in [0.2, 0.25) is 0 Å². The van der Waals surface area contributed by atoms with Gasteiger partial charge in [0.15, 0.2) is 0 Å². The molecule has 0 saturated carbocycles. The Morgan fingerprint density at radius 1 is 1.22 bits per heavy atom. The van der Waals surface area contributed by atoms with Crippen molar-refractivity contribution in [3.8, 4) is 0 Å². The van der Waals surface area contributed by atoms with Crippen molar-refractivity contribution >= 4 is 17.8 Å². The average Bonchev–Trinajstić information content (AvgIpc) is 2.37. The van der Waals surface area contributed by atoms with Gasteiger partial charge >= 0.3 is 5.97 Å². The Bertz CT molecular complexity index is 482. The molecule has 0 aliphatic carbocycles. The molecule has 1 aromatic carbocycles. The number of amides is 2. The first-order valence-electron chi connectivity index (χ1n) is 5.53. The van der Waals surface area contributed by atoms with Gasteiger partial charge in [-0.2, -0.15) is 0 Å².